The predicted octanol–water partition coefficient (Wildman–Crippen LogP) is 3.76. The quantitative estimate of drug-likeness (QED) is 0.199. The summed E-state index contributed by atoms with van der Waals surface area (Å²) in [5, 5.41) is 21.2. The van der Waals surface area contributed by atoms with Crippen LogP contribution in [0.5, 0.6) is 0 Å². The molecule has 2 aromatic rings. The van der Waals surface area contributed by atoms with Gasteiger partial charge < -0.3 is 39.6 Å². The number of nitrogens with two attached hydrogens (primary N) is 1. The molecule has 1 saturated heterocycles. The summed E-state index contributed by atoms with van der Waals surface area (Å²) in [6.45, 7) is 2.25. The van der Waals surface area contributed by atoms with Gasteiger partial charge >= 0.3 is 7.82 Å². The number of hydrogen-bond donors (Lipinski definition) is 5. The zero-order valence-corrected chi connectivity index (χ0v) is 27.4. The number of anilines is 1. The van der Waals surface area contributed by atoms with E-state index in [0.29, 0.717) is 41.8 Å². The maximum Gasteiger partial charge on any atom is 0.470 e. The van der Waals surface area contributed by atoms with Crippen LogP contribution in [0.25, 0.3) is 0 Å². The lowest BCUT2D eigenvalue weighted by Gasteiger charge is -2.62. The molecule has 12 nitrogen and oxygen atoms in total. The molecule has 0 spiro atoms. The van der Waals surface area contributed by atoms with Crippen LogP contribution in [0.3, 0.4) is 0 Å². The Hall–Kier alpha value is -3.00. The normalized spacial score (nSPS) is 38.6. The Bertz CT molecular complexity index is 1790. The topological polar surface area (TPSA) is 199 Å². The highest BCUT2D eigenvalue weighted by atomic mass is 31.2. The Morgan fingerprint density at radius 3 is 2.67 bits per heavy atom. The van der Waals surface area contributed by atoms with E-state index in [-0.39, 0.29) is 31.0 Å². The number of phosphoric acid groups is 1. The molecule has 6 N–H and O–H groups in total. The number of alkyl halides is 1. The van der Waals surface area contributed by atoms with Crippen molar-refractivity contribution in [3.8, 4) is 0 Å². The number of hydrogen-bond acceptors (Lipinski definition) is 10. The second-order valence-electron chi connectivity index (χ2n) is 14.2. The molecule has 0 radical (unpaired) electrons. The van der Waals surface area contributed by atoms with Crippen molar-refractivity contribution in [3.63, 3.8) is 0 Å². The number of ether oxygens (including phenoxy) is 2. The van der Waals surface area contributed by atoms with E-state index in [4.69, 9.17) is 19.6 Å². The van der Waals surface area contributed by atoms with Crippen LogP contribution in [0.15, 0.2) is 58.6 Å². The minimum Gasteiger partial charge on any atom is -0.460 e. The summed E-state index contributed by atoms with van der Waals surface area (Å²) in [6, 6.07) is 8.65. The summed E-state index contributed by atoms with van der Waals surface area (Å²) in [4.78, 5) is 45.2. The highest BCUT2D eigenvalue weighted by Gasteiger charge is 2.79. The summed E-state index contributed by atoms with van der Waals surface area (Å²) >= 11 is 0. The van der Waals surface area contributed by atoms with Gasteiger partial charge in [-0.05, 0) is 74.4 Å². The molecule has 14 heteroatoms. The maximum absolute atomic E-state index is 17.7. The average molecular weight is 688 g/mol. The zero-order chi connectivity index (χ0) is 34.4. The number of aliphatic hydroxyl groups is 2. The van der Waals surface area contributed by atoms with Gasteiger partial charge in [0.15, 0.2) is 28.6 Å². The first-order valence-corrected chi connectivity index (χ1v) is 17.5. The molecule has 48 heavy (non-hydrogen) atoms. The average Bonchev–Trinajstić information content (AvgIpc) is 3.70. The van der Waals surface area contributed by atoms with E-state index in [2.05, 4.69) is 4.52 Å². The van der Waals surface area contributed by atoms with Gasteiger partial charge in [-0.1, -0.05) is 30.7 Å². The molecular weight excluding hydrogens is 648 g/mol. The van der Waals surface area contributed by atoms with Crippen LogP contribution in [0.2, 0.25) is 0 Å². The van der Waals surface area contributed by atoms with Gasteiger partial charge in [0.2, 0.25) is 6.29 Å². The number of rotatable bonds is 8. The summed E-state index contributed by atoms with van der Waals surface area (Å²) < 4.78 is 53.0. The monoisotopic (exact) mass is 687 g/mol. The van der Waals surface area contributed by atoms with Crippen LogP contribution in [0, 0.1) is 22.7 Å². The number of halogens is 1. The van der Waals surface area contributed by atoms with Gasteiger partial charge in [-0.15, -0.1) is 0 Å². The Kier molecular flexibility index (Phi) is 7.86. The number of benzene rings is 1. The van der Waals surface area contributed by atoms with Crippen molar-refractivity contribution in [3.05, 3.63) is 76.8 Å². The number of fused-ring (bicyclic) bond motifs is 7. The molecule has 1 aromatic heterocycles. The molecule has 0 bridgehead atoms. The third-order valence-corrected chi connectivity index (χ3v) is 12.3. The zero-order valence-electron chi connectivity index (χ0n) is 26.5. The number of allylic oxidation sites excluding steroid dienone is 4. The van der Waals surface area contributed by atoms with Crippen molar-refractivity contribution < 1.29 is 57.0 Å². The molecule has 9 atom stereocenters. The first-order valence-electron chi connectivity index (χ1n) is 16.0. The number of furan rings is 1. The second kappa shape index (κ2) is 11.3. The lowest BCUT2D eigenvalue weighted by molar-refractivity contribution is -0.232. The predicted molar refractivity (Wildman–Crippen MR) is 166 cm³/mol. The Balaban J connectivity index is 1.22. The van der Waals surface area contributed by atoms with Gasteiger partial charge in [0.1, 0.15) is 12.4 Å². The van der Waals surface area contributed by atoms with Gasteiger partial charge in [-0.3, -0.25) is 14.1 Å². The maximum atomic E-state index is 17.7. The number of aliphatic hydroxyl groups excluding tert-OH is 2. The second-order valence-corrected chi connectivity index (χ2v) is 15.4. The van der Waals surface area contributed by atoms with Gasteiger partial charge in [0, 0.05) is 34.4 Å². The SMILES string of the molecule is C[C@]12C=CC(=O)C=C1CC[C@H]1[C@@H]3C[C@H]4O[C@@H](c5ccc(Cc6ccc(CO)c(N)c6)o5)O[C@@]4(C(=O)COP(=O)(O)O)[C@@]3(C)C[C@H](O)[C@@]12F. The van der Waals surface area contributed by atoms with E-state index < -0.39 is 72.6 Å². The summed E-state index contributed by atoms with van der Waals surface area (Å²) in [5.41, 5.74) is 1.99. The molecule has 1 aliphatic heterocycles. The van der Waals surface area contributed by atoms with Crippen molar-refractivity contribution in [2.24, 2.45) is 22.7 Å². The highest BCUT2D eigenvalue weighted by Crippen LogP contribution is 2.72. The lowest BCUT2D eigenvalue weighted by Crippen LogP contribution is -2.69. The van der Waals surface area contributed by atoms with E-state index in [9.17, 15) is 34.2 Å². The molecule has 2 heterocycles. The number of nitrogen functional groups attached to an aromatic ring is 1. The number of Topliss-reactive ketones (excluding diaryl/α,β-unsaturated/α-hetero) is 1. The lowest BCUT2D eigenvalue weighted by atomic mass is 9.44. The third-order valence-electron chi connectivity index (χ3n) is 11.8. The van der Waals surface area contributed by atoms with Gasteiger partial charge in [0.25, 0.3) is 0 Å². The van der Waals surface area contributed by atoms with Crippen molar-refractivity contribution in [2.45, 2.75) is 82.3 Å². The fourth-order valence-electron chi connectivity index (χ4n) is 9.55. The van der Waals surface area contributed by atoms with Crippen LogP contribution in [0.4, 0.5) is 10.1 Å². The Labute approximate surface area is 276 Å². The van der Waals surface area contributed by atoms with Gasteiger partial charge in [0.05, 0.1) is 18.8 Å². The summed E-state index contributed by atoms with van der Waals surface area (Å²) in [7, 11) is -5.06. The summed E-state index contributed by atoms with van der Waals surface area (Å²) in [6.07, 6.45) is 1.59. The molecule has 7 rings (SSSR count). The Morgan fingerprint density at radius 1 is 1.19 bits per heavy atom. The van der Waals surface area contributed by atoms with E-state index in [0.717, 1.165) is 5.56 Å². The van der Waals surface area contributed by atoms with E-state index >= 15 is 4.39 Å². The molecular formula is C34H39FNO11P. The third kappa shape index (κ3) is 4.78. The first-order chi connectivity index (χ1) is 22.6. The minimum atomic E-state index is -5.06. The van der Waals surface area contributed by atoms with Gasteiger partial charge in [-0.2, -0.15) is 0 Å². The molecule has 258 valence electrons. The smallest absolute Gasteiger partial charge is 0.460 e. The molecule has 0 amide bonds. The first kappa shape index (κ1) is 33.5. The summed E-state index contributed by atoms with van der Waals surface area (Å²) in [5.74, 6) is -1.54. The molecule has 3 saturated carbocycles. The van der Waals surface area contributed by atoms with E-state index in [1.165, 1.54) is 12.2 Å². The number of phosphoric ester groups is 1. The van der Waals surface area contributed by atoms with Gasteiger partial charge in [-0.25, -0.2) is 8.96 Å². The fraction of sp³-hybridized carbons (Fsp3) is 0.529. The van der Waals surface area contributed by atoms with Crippen LogP contribution >= 0.6 is 7.82 Å². The highest BCUT2D eigenvalue weighted by molar-refractivity contribution is 7.46. The van der Waals surface area contributed by atoms with Crippen LogP contribution in [-0.4, -0.2) is 61.7 Å². The Morgan fingerprint density at radius 2 is 1.96 bits per heavy atom. The molecule has 5 aliphatic rings. The molecule has 4 fully saturated rings. The van der Waals surface area contributed by atoms with Crippen molar-refractivity contribution >= 4 is 25.1 Å². The number of ketones is 2. The number of carbonyl (C=O) groups is 2. The molecule has 0 unspecified atom stereocenters. The largest absolute Gasteiger partial charge is 0.470 e. The molecule has 1 aromatic carbocycles. The van der Waals surface area contributed by atoms with E-state index in [1.807, 2.05) is 6.07 Å². The minimum absolute atomic E-state index is 0.166. The standard InChI is InChI=1S/C34H39FNO11P/c1-31-10-9-21(38)13-20(31)5-7-23-24-14-29-34(28(40)17-44-48(41,42)43,32(24,2)15-27(39)33(23,31)35)47-30(46-29)26-8-6-22(45-26)11-18-3-4-19(16-37)25(36)12-18/h3-4,6,8-10,12-13,23-24,27,29-30,37,39H,5,7,11,14-17,36H2,1-2H3,(H2,41,42,43)/t23-,24-,27-,29+,30+,31-,32-,33-,34+/m0/s1. The number of carbonyl (C=O) groups excluding carboxylic acids is 2. The van der Waals surface area contributed by atoms with Crippen molar-refractivity contribution in [1.82, 2.24) is 0 Å². The molecule has 4 aliphatic carbocycles. The van der Waals surface area contributed by atoms with Crippen LogP contribution < -0.4 is 5.73 Å². The van der Waals surface area contributed by atoms with Crippen LogP contribution in [0.1, 0.15) is 68.5 Å². The van der Waals surface area contributed by atoms with E-state index in [1.54, 1.807) is 44.2 Å². The van der Waals surface area contributed by atoms with Crippen molar-refractivity contribution in [1.29, 1.82) is 0 Å². The fourth-order valence-corrected chi connectivity index (χ4v) is 9.83. The van der Waals surface area contributed by atoms with Crippen molar-refractivity contribution in [2.75, 3.05) is 12.3 Å². The van der Waals surface area contributed by atoms with Crippen LogP contribution in [-0.2, 0) is 41.2 Å².